The van der Waals surface area contributed by atoms with Crippen LogP contribution in [0.2, 0.25) is 0 Å². The van der Waals surface area contributed by atoms with Crippen molar-refractivity contribution in [3.8, 4) is 5.69 Å². The molecular formula is C24H19N3O2. The maximum Gasteiger partial charge on any atom is 0.224 e. The molecule has 5 heteroatoms. The van der Waals surface area contributed by atoms with Gasteiger partial charge in [-0.25, -0.2) is 4.68 Å². The van der Waals surface area contributed by atoms with Crippen LogP contribution in [0.4, 0.5) is 0 Å². The highest BCUT2D eigenvalue weighted by molar-refractivity contribution is 6.08. The van der Waals surface area contributed by atoms with Crippen molar-refractivity contribution < 1.29 is 9.21 Å². The second-order valence-corrected chi connectivity index (χ2v) is 7.00. The fourth-order valence-corrected chi connectivity index (χ4v) is 3.61. The molecule has 0 spiro atoms. The maximum atomic E-state index is 12.6. The number of hydrogen-bond acceptors (Lipinski definition) is 3. The number of amides is 1. The Morgan fingerprint density at radius 3 is 2.72 bits per heavy atom. The number of para-hydroxylation sites is 1. The van der Waals surface area contributed by atoms with Gasteiger partial charge < -0.3 is 9.73 Å². The topological polar surface area (TPSA) is 60.1 Å². The number of nitrogens with zero attached hydrogens (tertiary/aromatic N) is 2. The molecule has 5 rings (SSSR count). The average molecular weight is 381 g/mol. The zero-order valence-corrected chi connectivity index (χ0v) is 15.7. The van der Waals surface area contributed by atoms with Gasteiger partial charge in [0.2, 0.25) is 5.91 Å². The van der Waals surface area contributed by atoms with Gasteiger partial charge in [0.05, 0.1) is 24.6 Å². The van der Waals surface area contributed by atoms with Crippen LogP contribution in [0.3, 0.4) is 0 Å². The van der Waals surface area contributed by atoms with E-state index in [9.17, 15) is 4.79 Å². The Kier molecular flexibility index (Phi) is 4.33. The lowest BCUT2D eigenvalue weighted by Gasteiger charge is -2.04. The molecule has 0 radical (unpaired) electrons. The van der Waals surface area contributed by atoms with E-state index in [1.807, 2.05) is 60.8 Å². The molecule has 1 amide bonds. The molecule has 5 nitrogen and oxygen atoms in total. The average Bonchev–Trinajstić information content (AvgIpc) is 3.40. The Morgan fingerprint density at radius 2 is 1.83 bits per heavy atom. The molecule has 3 aromatic carbocycles. The molecule has 0 aliphatic rings. The smallest absolute Gasteiger partial charge is 0.224 e. The number of furan rings is 1. The van der Waals surface area contributed by atoms with Gasteiger partial charge in [0.1, 0.15) is 5.58 Å². The summed E-state index contributed by atoms with van der Waals surface area (Å²) in [7, 11) is 0. The molecule has 2 aromatic heterocycles. The molecule has 142 valence electrons. The Bertz CT molecular complexity index is 1300. The number of fused-ring (bicyclic) bond motifs is 3. The lowest BCUT2D eigenvalue weighted by molar-refractivity contribution is -0.120. The maximum absolute atomic E-state index is 12.6. The van der Waals surface area contributed by atoms with Crippen molar-refractivity contribution in [3.05, 3.63) is 96.5 Å². The largest absolute Gasteiger partial charge is 0.464 e. The third kappa shape index (κ3) is 3.38. The Labute approximate surface area is 167 Å². The highest BCUT2D eigenvalue weighted by atomic mass is 16.3. The summed E-state index contributed by atoms with van der Waals surface area (Å²) in [4.78, 5) is 12.6. The van der Waals surface area contributed by atoms with Crippen molar-refractivity contribution in [2.24, 2.45) is 0 Å². The van der Waals surface area contributed by atoms with E-state index in [-0.39, 0.29) is 12.3 Å². The Morgan fingerprint density at radius 1 is 1.00 bits per heavy atom. The second kappa shape index (κ2) is 7.28. The fraction of sp³-hybridized carbons (Fsp3) is 0.0833. The van der Waals surface area contributed by atoms with Gasteiger partial charge in [0.15, 0.2) is 0 Å². The van der Waals surface area contributed by atoms with Crippen LogP contribution in [0.25, 0.3) is 27.4 Å². The first-order valence-electron chi connectivity index (χ1n) is 9.51. The van der Waals surface area contributed by atoms with Gasteiger partial charge in [0, 0.05) is 29.3 Å². The van der Waals surface area contributed by atoms with E-state index < -0.39 is 0 Å². The summed E-state index contributed by atoms with van der Waals surface area (Å²) >= 11 is 0. The first-order valence-corrected chi connectivity index (χ1v) is 9.51. The van der Waals surface area contributed by atoms with Gasteiger partial charge in [-0.05, 0) is 29.0 Å². The van der Waals surface area contributed by atoms with E-state index in [2.05, 4.69) is 22.5 Å². The zero-order chi connectivity index (χ0) is 19.6. The number of carbonyl (C=O) groups excluding carboxylic acids is 1. The molecule has 0 atom stereocenters. The SMILES string of the molecule is O=C(Cc1coc2ccc3ccccc3c12)NCc1cnn(-c2ccccc2)c1. The third-order valence-electron chi connectivity index (χ3n) is 5.04. The molecule has 0 bridgehead atoms. The first-order chi connectivity index (χ1) is 14.3. The number of nitrogens with one attached hydrogen (secondary N) is 1. The molecule has 2 heterocycles. The lowest BCUT2D eigenvalue weighted by Crippen LogP contribution is -2.24. The number of benzene rings is 3. The summed E-state index contributed by atoms with van der Waals surface area (Å²) in [6.45, 7) is 0.433. The monoisotopic (exact) mass is 381 g/mol. The normalized spacial score (nSPS) is 11.2. The van der Waals surface area contributed by atoms with E-state index in [1.165, 1.54) is 0 Å². The van der Waals surface area contributed by atoms with Crippen LogP contribution in [0.15, 0.2) is 89.8 Å². The van der Waals surface area contributed by atoms with Gasteiger partial charge in [-0.1, -0.05) is 48.5 Å². The fourth-order valence-electron chi connectivity index (χ4n) is 3.61. The second-order valence-electron chi connectivity index (χ2n) is 7.00. The molecule has 0 unspecified atom stereocenters. The van der Waals surface area contributed by atoms with Crippen LogP contribution < -0.4 is 5.32 Å². The summed E-state index contributed by atoms with van der Waals surface area (Å²) in [5.74, 6) is -0.0481. The molecule has 5 aromatic rings. The van der Waals surface area contributed by atoms with Gasteiger partial charge in [0.25, 0.3) is 0 Å². The Hall–Kier alpha value is -3.86. The molecule has 0 saturated carbocycles. The molecular weight excluding hydrogens is 362 g/mol. The zero-order valence-electron chi connectivity index (χ0n) is 15.7. The highest BCUT2D eigenvalue weighted by Gasteiger charge is 2.13. The van der Waals surface area contributed by atoms with Crippen molar-refractivity contribution in [3.63, 3.8) is 0 Å². The van der Waals surface area contributed by atoms with Gasteiger partial charge >= 0.3 is 0 Å². The van der Waals surface area contributed by atoms with Crippen LogP contribution in [0, 0.1) is 0 Å². The quantitative estimate of drug-likeness (QED) is 0.483. The standard InChI is InChI=1S/C24H19N3O2/c28-23(25-13-17-14-26-27(15-17)20-7-2-1-3-8-20)12-19-16-29-22-11-10-18-6-4-5-9-21(18)24(19)22/h1-11,14-16H,12-13H2,(H,25,28). The van der Waals surface area contributed by atoms with Crippen molar-refractivity contribution in [2.45, 2.75) is 13.0 Å². The van der Waals surface area contributed by atoms with E-state index in [0.29, 0.717) is 6.54 Å². The van der Waals surface area contributed by atoms with Crippen molar-refractivity contribution in [1.29, 1.82) is 0 Å². The minimum atomic E-state index is -0.0481. The molecule has 0 aliphatic carbocycles. The van der Waals surface area contributed by atoms with Crippen LogP contribution in [-0.4, -0.2) is 15.7 Å². The van der Waals surface area contributed by atoms with Gasteiger partial charge in [-0.2, -0.15) is 5.10 Å². The van der Waals surface area contributed by atoms with Gasteiger partial charge in [-0.3, -0.25) is 4.79 Å². The number of rotatable bonds is 5. The molecule has 0 fully saturated rings. The Balaban J connectivity index is 1.30. The van der Waals surface area contributed by atoms with Crippen LogP contribution in [0.5, 0.6) is 0 Å². The molecule has 0 aliphatic heterocycles. The van der Waals surface area contributed by atoms with Crippen molar-refractivity contribution >= 4 is 27.6 Å². The first kappa shape index (κ1) is 17.3. The lowest BCUT2D eigenvalue weighted by atomic mass is 10.0. The van der Waals surface area contributed by atoms with Crippen LogP contribution in [0.1, 0.15) is 11.1 Å². The summed E-state index contributed by atoms with van der Waals surface area (Å²) in [5.41, 5.74) is 3.64. The van der Waals surface area contributed by atoms with Crippen molar-refractivity contribution in [1.82, 2.24) is 15.1 Å². The molecule has 1 N–H and O–H groups in total. The minimum Gasteiger partial charge on any atom is -0.464 e. The predicted octanol–water partition coefficient (Wildman–Crippen LogP) is 4.63. The predicted molar refractivity (Wildman–Crippen MR) is 113 cm³/mol. The van der Waals surface area contributed by atoms with E-state index in [1.54, 1.807) is 17.1 Å². The minimum absolute atomic E-state index is 0.0481. The van der Waals surface area contributed by atoms with Crippen LogP contribution >= 0.6 is 0 Å². The van der Waals surface area contributed by atoms with E-state index in [4.69, 9.17) is 4.42 Å². The molecule has 0 saturated heterocycles. The number of carbonyl (C=O) groups is 1. The van der Waals surface area contributed by atoms with Crippen LogP contribution in [-0.2, 0) is 17.8 Å². The third-order valence-corrected chi connectivity index (χ3v) is 5.04. The highest BCUT2D eigenvalue weighted by Crippen LogP contribution is 2.30. The summed E-state index contributed by atoms with van der Waals surface area (Å²) < 4.78 is 7.48. The van der Waals surface area contributed by atoms with E-state index in [0.717, 1.165) is 38.6 Å². The van der Waals surface area contributed by atoms with Gasteiger partial charge in [-0.15, -0.1) is 0 Å². The van der Waals surface area contributed by atoms with Crippen molar-refractivity contribution in [2.75, 3.05) is 0 Å². The molecule has 29 heavy (non-hydrogen) atoms. The van der Waals surface area contributed by atoms with E-state index >= 15 is 0 Å². The number of aromatic nitrogens is 2. The summed E-state index contributed by atoms with van der Waals surface area (Å²) in [5, 5.41) is 10.6. The summed E-state index contributed by atoms with van der Waals surface area (Å²) in [6.07, 6.45) is 5.66. The number of hydrogen-bond donors (Lipinski definition) is 1. The summed E-state index contributed by atoms with van der Waals surface area (Å²) in [6, 6.07) is 22.0.